The fraction of sp³-hybridized carbons (Fsp3) is 0.500. The molecule has 1 fully saturated rings. The zero-order valence-electron chi connectivity index (χ0n) is 18.7. The summed E-state index contributed by atoms with van der Waals surface area (Å²) in [4.78, 5) is 51.0. The molecule has 2 heterocycles. The summed E-state index contributed by atoms with van der Waals surface area (Å²) in [7, 11) is 0. The third-order valence-corrected chi connectivity index (χ3v) is 4.92. The van der Waals surface area contributed by atoms with E-state index >= 15 is 0 Å². The predicted molar refractivity (Wildman–Crippen MR) is 123 cm³/mol. The fourth-order valence-corrected chi connectivity index (χ4v) is 3.53. The van der Waals surface area contributed by atoms with Crippen LogP contribution in [0.1, 0.15) is 27.7 Å². The van der Waals surface area contributed by atoms with Gasteiger partial charge in [-0.2, -0.15) is 0 Å². The monoisotopic (exact) mass is 561 g/mol. The number of carbonyl (C=O) groups excluding carboxylic acids is 4. The highest BCUT2D eigenvalue weighted by Crippen LogP contribution is 2.28. The highest BCUT2D eigenvalue weighted by Gasteiger charge is 2.52. The Bertz CT molecular complexity index is 930. The van der Waals surface area contributed by atoms with Crippen molar-refractivity contribution in [2.45, 2.75) is 58.3 Å². The predicted octanol–water partition coefficient (Wildman–Crippen LogP) is 1.21. The molecular formula is C20H24BrN3O9S. The van der Waals surface area contributed by atoms with Gasteiger partial charge in [0.1, 0.15) is 18.5 Å². The molecule has 0 aliphatic carbocycles. The van der Waals surface area contributed by atoms with Gasteiger partial charge in [0.2, 0.25) is 0 Å². The lowest BCUT2D eigenvalue weighted by Gasteiger charge is -2.44. The van der Waals surface area contributed by atoms with Crippen LogP contribution in [0.3, 0.4) is 0 Å². The van der Waals surface area contributed by atoms with Crippen LogP contribution in [-0.2, 0) is 42.9 Å². The maximum atomic E-state index is 11.8. The van der Waals surface area contributed by atoms with Crippen LogP contribution in [0, 0.1) is 0 Å². The SMILES string of the molecule is CC(=O)OC[C@@H]1O[C@@H](NC(=S)Nc2ccc(Br)cn2)[C@@H](OC(C)=O)[C@H](OC(C)=O)[C@@H]1OC(C)=O. The molecule has 0 aromatic carbocycles. The highest BCUT2D eigenvalue weighted by molar-refractivity contribution is 9.10. The van der Waals surface area contributed by atoms with Crippen molar-refractivity contribution < 1.29 is 42.9 Å². The number of pyridine rings is 1. The minimum Gasteiger partial charge on any atom is -0.463 e. The summed E-state index contributed by atoms with van der Waals surface area (Å²) in [5.74, 6) is -2.37. The Morgan fingerprint density at radius 1 is 0.971 bits per heavy atom. The van der Waals surface area contributed by atoms with E-state index in [1.165, 1.54) is 6.92 Å². The first-order valence-electron chi connectivity index (χ1n) is 9.95. The number of nitrogens with zero attached hydrogens (tertiary/aromatic N) is 1. The van der Waals surface area contributed by atoms with E-state index in [0.717, 1.165) is 25.2 Å². The molecule has 12 nitrogen and oxygen atoms in total. The van der Waals surface area contributed by atoms with Crippen molar-refractivity contribution in [3.63, 3.8) is 0 Å². The van der Waals surface area contributed by atoms with Crippen LogP contribution in [0.25, 0.3) is 0 Å². The molecule has 0 saturated carbocycles. The number of aromatic nitrogens is 1. The number of thiocarbonyl (C=S) groups is 1. The van der Waals surface area contributed by atoms with Crippen molar-refractivity contribution in [2.75, 3.05) is 11.9 Å². The van der Waals surface area contributed by atoms with Crippen molar-refractivity contribution in [1.82, 2.24) is 10.3 Å². The minimum absolute atomic E-state index is 0.0377. The molecule has 1 aromatic rings. The van der Waals surface area contributed by atoms with Crippen LogP contribution in [0.5, 0.6) is 0 Å². The first-order chi connectivity index (χ1) is 16.0. The fourth-order valence-electron chi connectivity index (χ4n) is 3.08. The average molecular weight is 562 g/mol. The van der Waals surface area contributed by atoms with E-state index in [2.05, 4.69) is 31.5 Å². The lowest BCUT2D eigenvalue weighted by atomic mass is 9.97. The lowest BCUT2D eigenvalue weighted by molar-refractivity contribution is -0.254. The minimum atomic E-state index is -1.30. The Morgan fingerprint density at radius 3 is 2.09 bits per heavy atom. The van der Waals surface area contributed by atoms with E-state index in [1.807, 2.05) is 0 Å². The second-order valence-corrected chi connectivity index (χ2v) is 8.40. The summed E-state index contributed by atoms with van der Waals surface area (Å²) in [5.41, 5.74) is 0. The van der Waals surface area contributed by atoms with Gasteiger partial charge >= 0.3 is 23.9 Å². The Labute approximate surface area is 209 Å². The number of ether oxygens (including phenoxy) is 5. The van der Waals surface area contributed by atoms with Crippen molar-refractivity contribution in [1.29, 1.82) is 0 Å². The van der Waals surface area contributed by atoms with Gasteiger partial charge in [0.05, 0.1) is 0 Å². The standard InChI is InChI=1S/C20H24BrN3O9S/c1-9(25)29-8-14-16(30-10(2)26)17(31-11(3)27)18(32-12(4)28)19(33-14)24-20(34)23-15-6-5-13(21)7-22-15/h5-7,14,16-19H,8H2,1-4H3,(H2,22,23,24,34)/t14-,16+,17+,18-,19+/m0/s1. The van der Waals surface area contributed by atoms with Crippen LogP contribution in [-0.4, -0.2) is 71.2 Å². The van der Waals surface area contributed by atoms with E-state index in [9.17, 15) is 19.2 Å². The molecule has 186 valence electrons. The number of nitrogens with one attached hydrogen (secondary N) is 2. The summed E-state index contributed by atoms with van der Waals surface area (Å²) < 4.78 is 27.7. The summed E-state index contributed by atoms with van der Waals surface area (Å²) in [6, 6.07) is 3.40. The number of anilines is 1. The Morgan fingerprint density at radius 2 is 1.56 bits per heavy atom. The summed E-state index contributed by atoms with van der Waals surface area (Å²) >= 11 is 8.60. The van der Waals surface area contributed by atoms with Gasteiger partial charge in [0, 0.05) is 38.4 Å². The molecule has 1 aromatic heterocycles. The zero-order chi connectivity index (χ0) is 25.4. The normalized spacial score (nSPS) is 23.7. The number of esters is 4. The van der Waals surface area contributed by atoms with Crippen molar-refractivity contribution in [2.24, 2.45) is 0 Å². The number of carbonyl (C=O) groups is 4. The second kappa shape index (κ2) is 12.6. The van der Waals surface area contributed by atoms with Crippen LogP contribution in [0.4, 0.5) is 5.82 Å². The van der Waals surface area contributed by atoms with Gasteiger partial charge in [-0.1, -0.05) is 0 Å². The third-order valence-electron chi connectivity index (χ3n) is 4.23. The molecule has 1 aliphatic heterocycles. The van der Waals surface area contributed by atoms with Crippen LogP contribution >= 0.6 is 28.1 Å². The quantitative estimate of drug-likeness (QED) is 0.279. The Balaban J connectivity index is 2.35. The molecule has 0 radical (unpaired) electrons. The van der Waals surface area contributed by atoms with Crippen molar-refractivity contribution in [3.8, 4) is 0 Å². The summed E-state index contributed by atoms with van der Waals surface area (Å²) in [6.07, 6.45) is -4.55. The van der Waals surface area contributed by atoms with Gasteiger partial charge < -0.3 is 34.3 Å². The van der Waals surface area contributed by atoms with Gasteiger partial charge in [-0.3, -0.25) is 19.2 Å². The van der Waals surface area contributed by atoms with Crippen LogP contribution < -0.4 is 10.6 Å². The molecule has 34 heavy (non-hydrogen) atoms. The first-order valence-corrected chi connectivity index (χ1v) is 11.2. The smallest absolute Gasteiger partial charge is 0.303 e. The second-order valence-electron chi connectivity index (χ2n) is 7.08. The van der Waals surface area contributed by atoms with E-state index in [-0.39, 0.29) is 11.7 Å². The molecule has 0 spiro atoms. The maximum Gasteiger partial charge on any atom is 0.303 e. The number of hydrogen-bond acceptors (Lipinski definition) is 11. The van der Waals surface area contributed by atoms with E-state index in [1.54, 1.807) is 18.3 Å². The van der Waals surface area contributed by atoms with Crippen LogP contribution in [0.15, 0.2) is 22.8 Å². The topological polar surface area (TPSA) is 151 Å². The number of rotatable bonds is 7. The molecule has 1 aliphatic rings. The van der Waals surface area contributed by atoms with Crippen molar-refractivity contribution in [3.05, 3.63) is 22.8 Å². The van der Waals surface area contributed by atoms with Gasteiger partial charge in [0.15, 0.2) is 29.7 Å². The van der Waals surface area contributed by atoms with Gasteiger partial charge in [-0.05, 0) is 40.3 Å². The lowest BCUT2D eigenvalue weighted by Crippen LogP contribution is -2.66. The van der Waals surface area contributed by atoms with E-state index in [4.69, 9.17) is 35.9 Å². The highest BCUT2D eigenvalue weighted by atomic mass is 79.9. The molecule has 2 N–H and O–H groups in total. The molecule has 1 saturated heterocycles. The largest absolute Gasteiger partial charge is 0.463 e. The summed E-state index contributed by atoms with van der Waals surface area (Å²) in [6.45, 7) is 4.28. The molecule has 0 bridgehead atoms. The van der Waals surface area contributed by atoms with Gasteiger partial charge in [0.25, 0.3) is 0 Å². The van der Waals surface area contributed by atoms with Gasteiger partial charge in [-0.15, -0.1) is 0 Å². The van der Waals surface area contributed by atoms with Crippen molar-refractivity contribution >= 4 is 63.0 Å². The molecule has 5 atom stereocenters. The summed E-state index contributed by atoms with van der Waals surface area (Å²) in [5, 5.41) is 5.71. The average Bonchev–Trinajstić information content (AvgIpc) is 2.71. The van der Waals surface area contributed by atoms with E-state index < -0.39 is 54.5 Å². The van der Waals surface area contributed by atoms with Gasteiger partial charge in [-0.25, -0.2) is 4.98 Å². The molecule has 14 heteroatoms. The molecule has 2 rings (SSSR count). The molecule has 0 unspecified atom stereocenters. The number of halogens is 1. The van der Waals surface area contributed by atoms with Crippen LogP contribution in [0.2, 0.25) is 0 Å². The molecule has 0 amide bonds. The Hall–Kier alpha value is -2.84. The molecular weight excluding hydrogens is 538 g/mol. The maximum absolute atomic E-state index is 11.8. The zero-order valence-corrected chi connectivity index (χ0v) is 21.1. The first kappa shape index (κ1) is 27.4. The number of hydrogen-bond donors (Lipinski definition) is 2. The Kier molecular flexibility index (Phi) is 10.1. The third kappa shape index (κ3) is 8.50. The van der Waals surface area contributed by atoms with E-state index in [0.29, 0.717) is 5.82 Å².